The van der Waals surface area contributed by atoms with Crippen LogP contribution >= 0.6 is 0 Å². The average molecular weight is 300 g/mol. The van der Waals surface area contributed by atoms with Crippen LogP contribution in [0.1, 0.15) is 13.3 Å². The van der Waals surface area contributed by atoms with Crippen molar-refractivity contribution in [1.29, 1.82) is 0 Å². The van der Waals surface area contributed by atoms with E-state index in [0.717, 1.165) is 0 Å². The summed E-state index contributed by atoms with van der Waals surface area (Å²) in [6.07, 6.45) is -0.0423. The van der Waals surface area contributed by atoms with Gasteiger partial charge in [0, 0.05) is 5.69 Å². The van der Waals surface area contributed by atoms with E-state index in [1.807, 2.05) is 37.3 Å². The summed E-state index contributed by atoms with van der Waals surface area (Å²) in [6.45, 7) is 1.89. The van der Waals surface area contributed by atoms with Gasteiger partial charge < -0.3 is 20.5 Å². The second-order valence-electron chi connectivity index (χ2n) is 4.78. The van der Waals surface area contributed by atoms with Crippen molar-refractivity contribution in [3.8, 4) is 11.5 Å². The quantitative estimate of drug-likeness (QED) is 0.804. The summed E-state index contributed by atoms with van der Waals surface area (Å²) in [5.74, 6) is 0.969. The predicted octanol–water partition coefficient (Wildman–Crippen LogP) is 3.07. The largest absolute Gasteiger partial charge is 0.495 e. The first kappa shape index (κ1) is 15.7. The number of nitrogens with one attached hydrogen (secondary N) is 1. The fourth-order valence-electron chi connectivity index (χ4n) is 2.02. The van der Waals surface area contributed by atoms with E-state index in [1.165, 1.54) is 0 Å². The summed E-state index contributed by atoms with van der Waals surface area (Å²) in [4.78, 5) is 12.4. The van der Waals surface area contributed by atoms with Gasteiger partial charge in [0.05, 0.1) is 12.8 Å². The zero-order valence-corrected chi connectivity index (χ0v) is 12.7. The minimum absolute atomic E-state index is 0.241. The van der Waals surface area contributed by atoms with E-state index in [1.54, 1.807) is 25.3 Å². The number of carbonyl (C=O) groups is 1. The smallest absolute Gasteiger partial charge is 0.265 e. The van der Waals surface area contributed by atoms with Crippen molar-refractivity contribution in [2.24, 2.45) is 0 Å². The van der Waals surface area contributed by atoms with Crippen LogP contribution in [0.15, 0.2) is 48.5 Å². The summed E-state index contributed by atoms with van der Waals surface area (Å²) >= 11 is 0. The summed E-state index contributed by atoms with van der Waals surface area (Å²) in [7, 11) is 1.54. The predicted molar refractivity (Wildman–Crippen MR) is 87.2 cm³/mol. The Balaban J connectivity index is 2.11. The van der Waals surface area contributed by atoms with Crippen LogP contribution in [-0.2, 0) is 4.79 Å². The molecule has 0 aromatic heterocycles. The minimum atomic E-state index is -0.589. The van der Waals surface area contributed by atoms with Crippen molar-refractivity contribution in [2.45, 2.75) is 19.4 Å². The van der Waals surface area contributed by atoms with E-state index in [0.29, 0.717) is 29.3 Å². The molecule has 22 heavy (non-hydrogen) atoms. The van der Waals surface area contributed by atoms with Crippen molar-refractivity contribution < 1.29 is 14.3 Å². The van der Waals surface area contributed by atoms with Gasteiger partial charge in [-0.1, -0.05) is 25.1 Å². The molecule has 0 spiro atoms. The molecule has 0 aliphatic rings. The third-order valence-corrected chi connectivity index (χ3v) is 3.17. The maximum absolute atomic E-state index is 12.4. The Hall–Kier alpha value is -2.69. The summed E-state index contributed by atoms with van der Waals surface area (Å²) in [6, 6.07) is 14.3. The Morgan fingerprint density at radius 3 is 2.59 bits per heavy atom. The van der Waals surface area contributed by atoms with E-state index < -0.39 is 6.10 Å². The van der Waals surface area contributed by atoms with Gasteiger partial charge in [0.25, 0.3) is 5.91 Å². The van der Waals surface area contributed by atoms with E-state index >= 15 is 0 Å². The third kappa shape index (κ3) is 3.91. The molecule has 2 aromatic rings. The molecule has 2 aromatic carbocycles. The van der Waals surface area contributed by atoms with Crippen molar-refractivity contribution in [3.63, 3.8) is 0 Å². The molecule has 0 unspecified atom stereocenters. The van der Waals surface area contributed by atoms with E-state index in [9.17, 15) is 4.79 Å². The van der Waals surface area contributed by atoms with Gasteiger partial charge in [0.1, 0.15) is 11.5 Å². The van der Waals surface area contributed by atoms with Crippen LogP contribution in [0.2, 0.25) is 0 Å². The van der Waals surface area contributed by atoms with Crippen LogP contribution in [0.4, 0.5) is 11.4 Å². The van der Waals surface area contributed by atoms with Crippen LogP contribution in [-0.4, -0.2) is 19.1 Å². The molecule has 0 saturated carbocycles. The zero-order chi connectivity index (χ0) is 15.9. The molecule has 3 N–H and O–H groups in total. The van der Waals surface area contributed by atoms with Gasteiger partial charge in [-0.15, -0.1) is 0 Å². The number of nitrogen functional groups attached to an aromatic ring is 1. The van der Waals surface area contributed by atoms with Crippen molar-refractivity contribution in [2.75, 3.05) is 18.2 Å². The molecular weight excluding hydrogens is 280 g/mol. The molecule has 0 aliphatic carbocycles. The SMILES string of the molecule is CC[C@H](Oc1ccccc1)C(=O)Nc1cc(N)ccc1OC. The number of para-hydroxylation sites is 1. The first-order valence-electron chi connectivity index (χ1n) is 7.10. The first-order chi connectivity index (χ1) is 10.6. The number of methoxy groups -OCH3 is 1. The number of anilines is 2. The highest BCUT2D eigenvalue weighted by atomic mass is 16.5. The maximum atomic E-state index is 12.4. The molecule has 5 nitrogen and oxygen atoms in total. The highest BCUT2D eigenvalue weighted by Gasteiger charge is 2.19. The number of hydrogen-bond donors (Lipinski definition) is 2. The van der Waals surface area contributed by atoms with Crippen molar-refractivity contribution in [3.05, 3.63) is 48.5 Å². The minimum Gasteiger partial charge on any atom is -0.495 e. The van der Waals surface area contributed by atoms with Gasteiger partial charge >= 0.3 is 0 Å². The second-order valence-corrected chi connectivity index (χ2v) is 4.78. The normalized spacial score (nSPS) is 11.5. The number of amides is 1. The molecule has 1 atom stereocenters. The molecule has 0 radical (unpaired) electrons. The maximum Gasteiger partial charge on any atom is 0.265 e. The zero-order valence-electron chi connectivity index (χ0n) is 12.7. The standard InChI is InChI=1S/C17H20N2O3/c1-3-15(22-13-7-5-4-6-8-13)17(20)19-14-11-12(18)9-10-16(14)21-2/h4-11,15H,3,18H2,1-2H3,(H,19,20)/t15-/m0/s1. The van der Waals surface area contributed by atoms with Crippen LogP contribution in [0, 0.1) is 0 Å². The first-order valence-corrected chi connectivity index (χ1v) is 7.10. The molecule has 0 heterocycles. The van der Waals surface area contributed by atoms with Gasteiger partial charge in [-0.2, -0.15) is 0 Å². The monoisotopic (exact) mass is 300 g/mol. The Morgan fingerprint density at radius 1 is 1.23 bits per heavy atom. The highest BCUT2D eigenvalue weighted by molar-refractivity contribution is 5.96. The molecule has 0 aliphatic heterocycles. The van der Waals surface area contributed by atoms with Gasteiger partial charge in [-0.05, 0) is 36.8 Å². The lowest BCUT2D eigenvalue weighted by Gasteiger charge is -2.18. The number of benzene rings is 2. The topological polar surface area (TPSA) is 73.6 Å². The molecule has 116 valence electrons. The number of rotatable bonds is 6. The Bertz CT molecular complexity index is 629. The number of ether oxygens (including phenoxy) is 2. The number of nitrogens with two attached hydrogens (primary N) is 1. The second kappa shape index (κ2) is 7.36. The van der Waals surface area contributed by atoms with Crippen LogP contribution in [0.5, 0.6) is 11.5 Å². The van der Waals surface area contributed by atoms with E-state index in [4.69, 9.17) is 15.2 Å². The molecule has 0 saturated heterocycles. The Labute approximate surface area is 130 Å². The van der Waals surface area contributed by atoms with Gasteiger partial charge in [0.15, 0.2) is 6.10 Å². The molecule has 2 rings (SSSR count). The lowest BCUT2D eigenvalue weighted by atomic mass is 10.2. The van der Waals surface area contributed by atoms with E-state index in [-0.39, 0.29) is 5.91 Å². The van der Waals surface area contributed by atoms with Gasteiger partial charge in [0.2, 0.25) is 0 Å². The van der Waals surface area contributed by atoms with Gasteiger partial charge in [-0.25, -0.2) is 0 Å². The van der Waals surface area contributed by atoms with Crippen LogP contribution < -0.4 is 20.5 Å². The molecule has 0 bridgehead atoms. The van der Waals surface area contributed by atoms with Crippen LogP contribution in [0.3, 0.4) is 0 Å². The Morgan fingerprint density at radius 2 is 1.95 bits per heavy atom. The molecule has 1 amide bonds. The summed E-state index contributed by atoms with van der Waals surface area (Å²) in [5.41, 5.74) is 6.83. The van der Waals surface area contributed by atoms with Crippen LogP contribution in [0.25, 0.3) is 0 Å². The average Bonchev–Trinajstić information content (AvgIpc) is 2.53. The molecular formula is C17H20N2O3. The molecule has 5 heteroatoms. The molecule has 0 fully saturated rings. The van der Waals surface area contributed by atoms with Crippen molar-refractivity contribution >= 4 is 17.3 Å². The number of carbonyl (C=O) groups excluding carboxylic acids is 1. The van der Waals surface area contributed by atoms with Crippen molar-refractivity contribution in [1.82, 2.24) is 0 Å². The summed E-state index contributed by atoms with van der Waals surface area (Å²) < 4.78 is 10.9. The summed E-state index contributed by atoms with van der Waals surface area (Å²) in [5, 5.41) is 2.80. The Kier molecular flexibility index (Phi) is 5.25. The van der Waals surface area contributed by atoms with E-state index in [2.05, 4.69) is 5.32 Å². The lowest BCUT2D eigenvalue weighted by molar-refractivity contribution is -0.122. The lowest BCUT2D eigenvalue weighted by Crippen LogP contribution is -2.32. The van der Waals surface area contributed by atoms with Gasteiger partial charge in [-0.3, -0.25) is 4.79 Å². The number of hydrogen-bond acceptors (Lipinski definition) is 4. The fraction of sp³-hybridized carbons (Fsp3) is 0.235. The fourth-order valence-corrected chi connectivity index (χ4v) is 2.02. The third-order valence-electron chi connectivity index (χ3n) is 3.17. The highest BCUT2D eigenvalue weighted by Crippen LogP contribution is 2.27.